The van der Waals surface area contributed by atoms with E-state index in [1.165, 1.54) is 31.2 Å². The van der Waals surface area contributed by atoms with Gasteiger partial charge in [-0.3, -0.25) is 0 Å². The van der Waals surface area contributed by atoms with E-state index in [9.17, 15) is 0 Å². The molecule has 2 fully saturated rings. The van der Waals surface area contributed by atoms with E-state index >= 15 is 0 Å². The number of alkyl halides is 1. The molecule has 0 heterocycles. The van der Waals surface area contributed by atoms with Crippen LogP contribution < -0.4 is 4.74 Å². The number of hydrogen-bond donors (Lipinski definition) is 0. The van der Waals surface area contributed by atoms with E-state index in [1.807, 2.05) is 6.07 Å². The van der Waals surface area contributed by atoms with Crippen molar-refractivity contribution in [1.82, 2.24) is 0 Å². The van der Waals surface area contributed by atoms with Gasteiger partial charge in [-0.1, -0.05) is 18.9 Å². The molecule has 0 amide bonds. The van der Waals surface area contributed by atoms with Crippen molar-refractivity contribution in [3.63, 3.8) is 0 Å². The SMILES string of the molecule is COc1ccc(C(Cl)C2C3CCCCC32)cc1Br. The second-order valence-corrected chi connectivity index (χ2v) is 6.81. The molecule has 1 nitrogen and oxygen atoms in total. The van der Waals surface area contributed by atoms with Crippen molar-refractivity contribution >= 4 is 27.5 Å². The standard InChI is InChI=1S/C15H18BrClO/c1-18-13-7-6-9(8-12(13)16)15(17)14-10-4-2-3-5-11(10)14/h6-8,10-11,14-15H,2-5H2,1H3. The lowest BCUT2D eigenvalue weighted by Crippen LogP contribution is -1.96. The highest BCUT2D eigenvalue weighted by atomic mass is 79.9. The topological polar surface area (TPSA) is 9.23 Å². The zero-order valence-electron chi connectivity index (χ0n) is 10.5. The van der Waals surface area contributed by atoms with E-state index in [4.69, 9.17) is 16.3 Å². The molecule has 3 atom stereocenters. The summed E-state index contributed by atoms with van der Waals surface area (Å²) >= 11 is 10.2. The third kappa shape index (κ3) is 2.18. The first-order valence-corrected chi connectivity index (χ1v) is 7.93. The second kappa shape index (κ2) is 5.05. The molecule has 2 aliphatic carbocycles. The van der Waals surface area contributed by atoms with Crippen LogP contribution in [-0.2, 0) is 0 Å². The monoisotopic (exact) mass is 328 g/mol. The lowest BCUT2D eigenvalue weighted by Gasteiger charge is -2.12. The Kier molecular flexibility index (Phi) is 3.59. The predicted octanol–water partition coefficient (Wildman–Crippen LogP) is 5.17. The fourth-order valence-corrected chi connectivity index (χ4v) is 4.63. The van der Waals surface area contributed by atoms with Crippen molar-refractivity contribution in [2.24, 2.45) is 17.8 Å². The van der Waals surface area contributed by atoms with Crippen LogP contribution in [0.5, 0.6) is 5.75 Å². The van der Waals surface area contributed by atoms with Crippen molar-refractivity contribution in [3.05, 3.63) is 28.2 Å². The van der Waals surface area contributed by atoms with Crippen molar-refractivity contribution < 1.29 is 4.74 Å². The summed E-state index contributed by atoms with van der Waals surface area (Å²) in [7, 11) is 1.69. The van der Waals surface area contributed by atoms with Crippen LogP contribution >= 0.6 is 27.5 Å². The lowest BCUT2D eigenvalue weighted by atomic mass is 10.0. The number of fused-ring (bicyclic) bond motifs is 1. The third-order valence-electron chi connectivity index (χ3n) is 4.55. The predicted molar refractivity (Wildman–Crippen MR) is 78.2 cm³/mol. The summed E-state index contributed by atoms with van der Waals surface area (Å²) in [5.41, 5.74) is 1.23. The van der Waals surface area contributed by atoms with Gasteiger partial charge in [-0.25, -0.2) is 0 Å². The highest BCUT2D eigenvalue weighted by molar-refractivity contribution is 9.10. The lowest BCUT2D eigenvalue weighted by molar-refractivity contribution is 0.412. The molecule has 0 N–H and O–H groups in total. The molecule has 0 radical (unpaired) electrons. The molecule has 0 aromatic heterocycles. The average molecular weight is 330 g/mol. The summed E-state index contributed by atoms with van der Waals surface area (Å²) in [5.74, 6) is 3.36. The van der Waals surface area contributed by atoms with E-state index in [1.54, 1.807) is 7.11 Å². The van der Waals surface area contributed by atoms with Crippen LogP contribution in [-0.4, -0.2) is 7.11 Å². The van der Waals surface area contributed by atoms with Crippen LogP contribution in [0, 0.1) is 17.8 Å². The van der Waals surface area contributed by atoms with Gasteiger partial charge in [0.2, 0.25) is 0 Å². The number of hydrogen-bond acceptors (Lipinski definition) is 1. The molecule has 3 rings (SSSR count). The molecule has 0 spiro atoms. The maximum Gasteiger partial charge on any atom is 0.133 e. The first kappa shape index (κ1) is 12.8. The molecule has 0 saturated heterocycles. The van der Waals surface area contributed by atoms with Crippen LogP contribution in [0.3, 0.4) is 0 Å². The summed E-state index contributed by atoms with van der Waals surface area (Å²) in [6.07, 6.45) is 5.56. The summed E-state index contributed by atoms with van der Waals surface area (Å²) in [6.45, 7) is 0. The minimum Gasteiger partial charge on any atom is -0.496 e. The van der Waals surface area contributed by atoms with Gasteiger partial charge in [0.1, 0.15) is 5.75 Å². The Morgan fingerprint density at radius 2 is 1.94 bits per heavy atom. The Bertz CT molecular complexity index is 436. The van der Waals surface area contributed by atoms with E-state index in [2.05, 4.69) is 28.1 Å². The molecule has 0 bridgehead atoms. The highest BCUT2D eigenvalue weighted by Crippen LogP contribution is 2.62. The molecule has 3 heteroatoms. The summed E-state index contributed by atoms with van der Waals surface area (Å²) in [6, 6.07) is 6.22. The molecule has 2 aliphatic rings. The van der Waals surface area contributed by atoms with Gasteiger partial charge in [-0.15, -0.1) is 11.6 Å². The quantitative estimate of drug-likeness (QED) is 0.695. The number of methoxy groups -OCH3 is 1. The van der Waals surface area contributed by atoms with E-state index in [0.717, 1.165) is 22.1 Å². The van der Waals surface area contributed by atoms with Gasteiger partial charge in [0.15, 0.2) is 0 Å². The van der Waals surface area contributed by atoms with Gasteiger partial charge >= 0.3 is 0 Å². The Morgan fingerprint density at radius 3 is 2.50 bits per heavy atom. The highest BCUT2D eigenvalue weighted by Gasteiger charge is 2.53. The van der Waals surface area contributed by atoms with Gasteiger partial charge in [-0.2, -0.15) is 0 Å². The number of halogens is 2. The molecular weight excluding hydrogens is 312 g/mol. The van der Waals surface area contributed by atoms with Crippen LogP contribution in [0.15, 0.2) is 22.7 Å². The van der Waals surface area contributed by atoms with Crippen molar-refractivity contribution in [3.8, 4) is 5.75 Å². The zero-order chi connectivity index (χ0) is 12.7. The largest absolute Gasteiger partial charge is 0.496 e. The third-order valence-corrected chi connectivity index (χ3v) is 5.72. The number of ether oxygens (including phenoxy) is 1. The molecule has 0 aliphatic heterocycles. The molecule has 3 unspecified atom stereocenters. The minimum absolute atomic E-state index is 0.167. The fourth-order valence-electron chi connectivity index (χ4n) is 3.56. The van der Waals surface area contributed by atoms with Crippen LogP contribution in [0.25, 0.3) is 0 Å². The number of benzene rings is 1. The zero-order valence-corrected chi connectivity index (χ0v) is 12.9. The smallest absolute Gasteiger partial charge is 0.133 e. The Hall–Kier alpha value is -0.210. The van der Waals surface area contributed by atoms with Crippen molar-refractivity contribution in [2.45, 2.75) is 31.1 Å². The second-order valence-electron chi connectivity index (χ2n) is 5.49. The van der Waals surface area contributed by atoms with Crippen molar-refractivity contribution in [2.75, 3.05) is 7.11 Å². The van der Waals surface area contributed by atoms with Gasteiger partial charge in [0.25, 0.3) is 0 Å². The molecule has 1 aromatic carbocycles. The van der Waals surface area contributed by atoms with Gasteiger partial charge in [0.05, 0.1) is 17.0 Å². The minimum atomic E-state index is 0.167. The van der Waals surface area contributed by atoms with E-state index in [0.29, 0.717) is 5.92 Å². The number of rotatable bonds is 3. The normalized spacial score (nSPS) is 31.6. The van der Waals surface area contributed by atoms with Gasteiger partial charge in [0, 0.05) is 0 Å². The molecule has 18 heavy (non-hydrogen) atoms. The Morgan fingerprint density at radius 1 is 1.28 bits per heavy atom. The molecule has 2 saturated carbocycles. The summed E-state index contributed by atoms with van der Waals surface area (Å²) in [5, 5.41) is 0.167. The fraction of sp³-hybridized carbons (Fsp3) is 0.600. The molecular formula is C15H18BrClO. The first-order valence-electron chi connectivity index (χ1n) is 6.70. The van der Waals surface area contributed by atoms with E-state index < -0.39 is 0 Å². The molecule has 1 aromatic rings. The van der Waals surface area contributed by atoms with Crippen LogP contribution in [0.1, 0.15) is 36.6 Å². The van der Waals surface area contributed by atoms with Crippen LogP contribution in [0.2, 0.25) is 0 Å². The van der Waals surface area contributed by atoms with Gasteiger partial charge in [-0.05, 0) is 64.2 Å². The first-order chi connectivity index (χ1) is 8.72. The van der Waals surface area contributed by atoms with Gasteiger partial charge < -0.3 is 4.74 Å². The Labute approximate surface area is 122 Å². The maximum atomic E-state index is 6.68. The molecule has 98 valence electrons. The van der Waals surface area contributed by atoms with Crippen LogP contribution in [0.4, 0.5) is 0 Å². The summed E-state index contributed by atoms with van der Waals surface area (Å²) < 4.78 is 6.26. The Balaban J connectivity index is 1.76. The average Bonchev–Trinajstić information content (AvgIpc) is 3.12. The maximum absolute atomic E-state index is 6.68. The summed E-state index contributed by atoms with van der Waals surface area (Å²) in [4.78, 5) is 0. The van der Waals surface area contributed by atoms with E-state index in [-0.39, 0.29) is 5.38 Å². The van der Waals surface area contributed by atoms with Crippen molar-refractivity contribution in [1.29, 1.82) is 0 Å².